The molecule has 0 N–H and O–H groups in total. The van der Waals surface area contributed by atoms with Gasteiger partial charge in [0, 0.05) is 50.1 Å². The SMILES string of the molecule is CCCC(=O)C1CN(C2(C)CCOCC2)CC1c1ccc(C)cc1F. The first kappa shape index (κ1) is 18.5. The average molecular weight is 347 g/mol. The molecule has 0 aromatic heterocycles. The quantitative estimate of drug-likeness (QED) is 0.803. The van der Waals surface area contributed by atoms with E-state index in [-0.39, 0.29) is 29.0 Å². The molecular weight excluding hydrogens is 317 g/mol. The maximum atomic E-state index is 14.6. The van der Waals surface area contributed by atoms with E-state index in [2.05, 4.69) is 11.8 Å². The van der Waals surface area contributed by atoms with Gasteiger partial charge in [-0.25, -0.2) is 4.39 Å². The number of likely N-dealkylation sites (tertiary alicyclic amines) is 1. The minimum Gasteiger partial charge on any atom is -0.381 e. The molecule has 0 bridgehead atoms. The highest BCUT2D eigenvalue weighted by Gasteiger charge is 2.45. The number of carbonyl (C=O) groups is 1. The highest BCUT2D eigenvalue weighted by Crippen LogP contribution is 2.41. The zero-order chi connectivity index (χ0) is 18.0. The second-order valence-electron chi connectivity index (χ2n) is 7.97. The predicted octanol–water partition coefficient (Wildman–Crippen LogP) is 4.09. The standard InChI is InChI=1S/C21H30FNO2/c1-4-5-20(24)18-14-23(21(3)8-10-25-11-9-21)13-17(18)16-7-6-15(2)12-19(16)22/h6-7,12,17-18H,4-5,8-11,13-14H2,1-3H3. The van der Waals surface area contributed by atoms with E-state index in [0.29, 0.717) is 12.0 Å². The van der Waals surface area contributed by atoms with Crippen LogP contribution >= 0.6 is 0 Å². The number of rotatable bonds is 5. The van der Waals surface area contributed by atoms with Crippen LogP contribution in [0, 0.1) is 18.7 Å². The van der Waals surface area contributed by atoms with Crippen LogP contribution in [0.25, 0.3) is 0 Å². The number of hydrogen-bond donors (Lipinski definition) is 0. The molecule has 25 heavy (non-hydrogen) atoms. The minimum atomic E-state index is -0.168. The molecule has 0 radical (unpaired) electrons. The third kappa shape index (κ3) is 3.80. The van der Waals surface area contributed by atoms with Gasteiger partial charge in [-0.15, -0.1) is 0 Å². The van der Waals surface area contributed by atoms with Crippen molar-refractivity contribution in [3.63, 3.8) is 0 Å². The summed E-state index contributed by atoms with van der Waals surface area (Å²) in [5, 5.41) is 0. The lowest BCUT2D eigenvalue weighted by Gasteiger charge is -2.42. The number of aryl methyl sites for hydroxylation is 1. The van der Waals surface area contributed by atoms with Crippen LogP contribution in [-0.4, -0.2) is 42.5 Å². The number of benzene rings is 1. The van der Waals surface area contributed by atoms with Crippen LogP contribution in [-0.2, 0) is 9.53 Å². The molecule has 2 atom stereocenters. The molecule has 0 saturated carbocycles. The fourth-order valence-corrected chi connectivity index (χ4v) is 4.38. The van der Waals surface area contributed by atoms with Gasteiger partial charge >= 0.3 is 0 Å². The zero-order valence-electron chi connectivity index (χ0n) is 15.7. The number of hydrogen-bond acceptors (Lipinski definition) is 3. The second kappa shape index (κ2) is 7.55. The van der Waals surface area contributed by atoms with E-state index in [1.165, 1.54) is 0 Å². The number of nitrogens with zero attached hydrogens (tertiary/aromatic N) is 1. The molecule has 0 aliphatic carbocycles. The van der Waals surface area contributed by atoms with Crippen molar-refractivity contribution in [1.82, 2.24) is 4.90 Å². The molecule has 2 heterocycles. The molecule has 1 aromatic rings. The van der Waals surface area contributed by atoms with Gasteiger partial charge in [-0.1, -0.05) is 19.1 Å². The van der Waals surface area contributed by atoms with Gasteiger partial charge in [0.15, 0.2) is 0 Å². The van der Waals surface area contributed by atoms with Crippen molar-refractivity contribution < 1.29 is 13.9 Å². The van der Waals surface area contributed by atoms with Crippen LogP contribution in [0.2, 0.25) is 0 Å². The maximum Gasteiger partial charge on any atom is 0.137 e. The van der Waals surface area contributed by atoms with E-state index in [1.54, 1.807) is 6.07 Å². The van der Waals surface area contributed by atoms with Crippen LogP contribution in [0.15, 0.2) is 18.2 Å². The van der Waals surface area contributed by atoms with E-state index in [1.807, 2.05) is 26.0 Å². The molecule has 2 saturated heterocycles. The lowest BCUT2D eigenvalue weighted by Crippen LogP contribution is -2.49. The van der Waals surface area contributed by atoms with Crippen LogP contribution in [0.1, 0.15) is 56.6 Å². The van der Waals surface area contributed by atoms with E-state index in [4.69, 9.17) is 4.74 Å². The van der Waals surface area contributed by atoms with Crippen molar-refractivity contribution in [3.05, 3.63) is 35.1 Å². The maximum absolute atomic E-state index is 14.6. The van der Waals surface area contributed by atoms with Crippen molar-refractivity contribution in [2.45, 2.75) is 57.9 Å². The van der Waals surface area contributed by atoms with Crippen molar-refractivity contribution in [3.8, 4) is 0 Å². The summed E-state index contributed by atoms with van der Waals surface area (Å²) in [7, 11) is 0. The molecule has 2 fully saturated rings. The Labute approximate surface area is 150 Å². The van der Waals surface area contributed by atoms with Crippen molar-refractivity contribution in [2.75, 3.05) is 26.3 Å². The lowest BCUT2D eigenvalue weighted by molar-refractivity contribution is -0.123. The smallest absolute Gasteiger partial charge is 0.137 e. The summed E-state index contributed by atoms with van der Waals surface area (Å²) in [4.78, 5) is 15.2. The summed E-state index contributed by atoms with van der Waals surface area (Å²) in [6.07, 6.45) is 3.39. The summed E-state index contributed by atoms with van der Waals surface area (Å²) < 4.78 is 20.2. The fourth-order valence-electron chi connectivity index (χ4n) is 4.38. The van der Waals surface area contributed by atoms with Crippen LogP contribution < -0.4 is 0 Å². The van der Waals surface area contributed by atoms with Gasteiger partial charge in [0.05, 0.1) is 0 Å². The summed E-state index contributed by atoms with van der Waals surface area (Å²) in [6.45, 7) is 9.24. The number of Topliss-reactive ketones (excluding diaryl/α,β-unsaturated/α-hetero) is 1. The average Bonchev–Trinajstić information content (AvgIpc) is 3.02. The van der Waals surface area contributed by atoms with Crippen molar-refractivity contribution in [2.24, 2.45) is 5.92 Å². The number of ketones is 1. The zero-order valence-corrected chi connectivity index (χ0v) is 15.7. The molecule has 3 nitrogen and oxygen atoms in total. The Bertz CT molecular complexity index is 624. The molecule has 0 amide bonds. The van der Waals surface area contributed by atoms with Crippen LogP contribution in [0.4, 0.5) is 4.39 Å². The van der Waals surface area contributed by atoms with Gasteiger partial charge in [-0.3, -0.25) is 9.69 Å². The highest BCUT2D eigenvalue weighted by atomic mass is 19.1. The molecule has 3 rings (SSSR count). The Balaban J connectivity index is 1.89. The first-order valence-corrected chi connectivity index (χ1v) is 9.56. The Hall–Kier alpha value is -1.26. The lowest BCUT2D eigenvalue weighted by atomic mass is 9.84. The molecular formula is C21H30FNO2. The Morgan fingerprint density at radius 2 is 2.04 bits per heavy atom. The third-order valence-corrected chi connectivity index (χ3v) is 6.12. The van der Waals surface area contributed by atoms with E-state index in [0.717, 1.165) is 51.1 Å². The molecule has 2 unspecified atom stereocenters. The van der Waals surface area contributed by atoms with Gasteiger partial charge < -0.3 is 4.74 Å². The summed E-state index contributed by atoms with van der Waals surface area (Å²) in [5.41, 5.74) is 1.68. The normalized spacial score (nSPS) is 26.7. The topological polar surface area (TPSA) is 29.5 Å². The predicted molar refractivity (Wildman–Crippen MR) is 97.3 cm³/mol. The molecule has 2 aliphatic rings. The molecule has 1 aromatic carbocycles. The van der Waals surface area contributed by atoms with Crippen LogP contribution in [0.5, 0.6) is 0 Å². The van der Waals surface area contributed by atoms with E-state index < -0.39 is 0 Å². The molecule has 138 valence electrons. The first-order valence-electron chi connectivity index (χ1n) is 9.56. The Morgan fingerprint density at radius 3 is 2.68 bits per heavy atom. The van der Waals surface area contributed by atoms with Crippen LogP contribution in [0.3, 0.4) is 0 Å². The van der Waals surface area contributed by atoms with E-state index >= 15 is 0 Å². The number of halogens is 1. The van der Waals surface area contributed by atoms with Crippen molar-refractivity contribution >= 4 is 5.78 Å². The second-order valence-corrected chi connectivity index (χ2v) is 7.97. The Kier molecular flexibility index (Phi) is 5.59. The van der Waals surface area contributed by atoms with Gasteiger partial charge in [0.1, 0.15) is 11.6 Å². The van der Waals surface area contributed by atoms with Crippen molar-refractivity contribution in [1.29, 1.82) is 0 Å². The van der Waals surface area contributed by atoms with E-state index in [9.17, 15) is 9.18 Å². The summed E-state index contributed by atoms with van der Waals surface area (Å²) >= 11 is 0. The minimum absolute atomic E-state index is 0.0423. The van der Waals surface area contributed by atoms with Gasteiger partial charge in [-0.2, -0.15) is 0 Å². The van der Waals surface area contributed by atoms with Gasteiger partial charge in [0.2, 0.25) is 0 Å². The Morgan fingerprint density at radius 1 is 1.32 bits per heavy atom. The number of carbonyl (C=O) groups excluding carboxylic acids is 1. The molecule has 0 spiro atoms. The summed E-state index contributed by atoms with van der Waals surface area (Å²) in [6, 6.07) is 5.44. The van der Waals surface area contributed by atoms with Gasteiger partial charge in [-0.05, 0) is 50.3 Å². The third-order valence-electron chi connectivity index (χ3n) is 6.12. The number of ether oxygens (including phenoxy) is 1. The monoisotopic (exact) mass is 347 g/mol. The molecule has 2 aliphatic heterocycles. The first-order chi connectivity index (χ1) is 11.9. The summed E-state index contributed by atoms with van der Waals surface area (Å²) in [5.74, 6) is -0.0277. The van der Waals surface area contributed by atoms with Gasteiger partial charge in [0.25, 0.3) is 0 Å². The highest BCUT2D eigenvalue weighted by molar-refractivity contribution is 5.82. The molecule has 4 heteroatoms. The fraction of sp³-hybridized carbons (Fsp3) is 0.667. The largest absolute Gasteiger partial charge is 0.381 e.